The molecular weight excluding hydrogens is 310 g/mol. The van der Waals surface area contributed by atoms with Gasteiger partial charge in [-0.05, 0) is 40.9 Å². The van der Waals surface area contributed by atoms with Crippen LogP contribution in [0.2, 0.25) is 0 Å². The molecule has 0 saturated heterocycles. The van der Waals surface area contributed by atoms with Crippen molar-refractivity contribution in [1.82, 2.24) is 5.32 Å². The summed E-state index contributed by atoms with van der Waals surface area (Å²) in [4.78, 5) is 23.7. The first-order chi connectivity index (χ1) is 9.05. The summed E-state index contributed by atoms with van der Waals surface area (Å²) in [7, 11) is 0. The Bertz CT molecular complexity index is 495. The highest BCUT2D eigenvalue weighted by molar-refractivity contribution is 9.10. The van der Waals surface area contributed by atoms with E-state index in [0.717, 1.165) is 19.3 Å². The van der Waals surface area contributed by atoms with Crippen LogP contribution >= 0.6 is 15.9 Å². The van der Waals surface area contributed by atoms with E-state index in [4.69, 9.17) is 0 Å². The Morgan fingerprint density at radius 2 is 1.79 bits per heavy atom. The van der Waals surface area contributed by atoms with Crippen molar-refractivity contribution in [1.29, 1.82) is 0 Å². The molecule has 0 bridgehead atoms. The Morgan fingerprint density at radius 1 is 1.16 bits per heavy atom. The van der Waals surface area contributed by atoms with E-state index in [9.17, 15) is 14.7 Å². The van der Waals surface area contributed by atoms with E-state index in [1.165, 1.54) is 0 Å². The number of amides is 1. The molecule has 4 nitrogen and oxygen atoms in total. The summed E-state index contributed by atoms with van der Waals surface area (Å²) in [5.74, 6) is -1.27. The van der Waals surface area contributed by atoms with Gasteiger partial charge >= 0.3 is 5.97 Å². The molecule has 2 N–H and O–H groups in total. The van der Waals surface area contributed by atoms with Crippen molar-refractivity contribution in [3.63, 3.8) is 0 Å². The van der Waals surface area contributed by atoms with Gasteiger partial charge < -0.3 is 10.4 Å². The van der Waals surface area contributed by atoms with Crippen LogP contribution in [0.1, 0.15) is 42.5 Å². The molecule has 0 aromatic heterocycles. The Labute approximate surface area is 120 Å². The average Bonchev–Trinajstić information content (AvgIpc) is 2.40. The number of rotatable bonds is 3. The lowest BCUT2D eigenvalue weighted by Gasteiger charge is -2.34. The number of carbonyl (C=O) groups is 2. The largest absolute Gasteiger partial charge is 0.480 e. The smallest absolute Gasteiger partial charge is 0.329 e. The first kappa shape index (κ1) is 14.1. The highest BCUT2D eigenvalue weighted by atomic mass is 79.9. The van der Waals surface area contributed by atoms with Crippen molar-refractivity contribution in [2.24, 2.45) is 0 Å². The van der Waals surface area contributed by atoms with E-state index in [1.807, 2.05) is 6.07 Å². The number of halogens is 1. The van der Waals surface area contributed by atoms with E-state index < -0.39 is 11.5 Å². The molecule has 5 heteroatoms. The molecule has 19 heavy (non-hydrogen) atoms. The second kappa shape index (κ2) is 5.74. The third kappa shape index (κ3) is 2.97. The molecule has 0 spiro atoms. The number of aliphatic carboxylic acids is 1. The lowest BCUT2D eigenvalue weighted by Crippen LogP contribution is -2.55. The number of hydrogen-bond acceptors (Lipinski definition) is 2. The molecule has 0 heterocycles. The Morgan fingerprint density at radius 3 is 2.37 bits per heavy atom. The fourth-order valence-electron chi connectivity index (χ4n) is 2.48. The molecule has 0 radical (unpaired) electrons. The predicted octanol–water partition coefficient (Wildman–Crippen LogP) is 2.97. The minimum absolute atomic E-state index is 0.336. The second-order valence-corrected chi connectivity index (χ2v) is 5.74. The number of nitrogens with one attached hydrogen (secondary N) is 1. The molecule has 0 atom stereocenters. The minimum Gasteiger partial charge on any atom is -0.480 e. The highest BCUT2D eigenvalue weighted by Crippen LogP contribution is 2.29. The summed E-state index contributed by atoms with van der Waals surface area (Å²) in [5, 5.41) is 12.1. The molecule has 1 aromatic carbocycles. The predicted molar refractivity (Wildman–Crippen MR) is 75.1 cm³/mol. The summed E-state index contributed by atoms with van der Waals surface area (Å²) in [5.41, 5.74) is -0.640. The lowest BCUT2D eigenvalue weighted by molar-refractivity contribution is -0.145. The number of hydrogen-bond donors (Lipinski definition) is 2. The van der Waals surface area contributed by atoms with Crippen LogP contribution in [0.5, 0.6) is 0 Å². The highest BCUT2D eigenvalue weighted by Gasteiger charge is 2.41. The molecule has 102 valence electrons. The van der Waals surface area contributed by atoms with Gasteiger partial charge in [-0.1, -0.05) is 31.4 Å². The molecule has 0 aliphatic heterocycles. The molecular formula is C14H16BrNO3. The van der Waals surface area contributed by atoms with Gasteiger partial charge in [0, 0.05) is 4.47 Å². The van der Waals surface area contributed by atoms with E-state index in [-0.39, 0.29) is 5.91 Å². The summed E-state index contributed by atoms with van der Waals surface area (Å²) >= 11 is 3.31. The van der Waals surface area contributed by atoms with Crippen molar-refractivity contribution in [2.75, 3.05) is 0 Å². The summed E-state index contributed by atoms with van der Waals surface area (Å²) in [6, 6.07) is 7.02. The number of carboxylic acid groups (broad SMARTS) is 1. The fraction of sp³-hybridized carbons (Fsp3) is 0.429. The Balaban J connectivity index is 2.20. The van der Waals surface area contributed by atoms with Gasteiger partial charge in [0.25, 0.3) is 5.91 Å². The third-order valence-electron chi connectivity index (χ3n) is 3.59. The van der Waals surface area contributed by atoms with Crippen LogP contribution in [-0.4, -0.2) is 22.5 Å². The fourth-order valence-corrected chi connectivity index (χ4v) is 2.94. The van der Waals surface area contributed by atoms with Gasteiger partial charge in [0.2, 0.25) is 0 Å². The lowest BCUT2D eigenvalue weighted by atomic mass is 9.81. The quantitative estimate of drug-likeness (QED) is 0.897. The van der Waals surface area contributed by atoms with Crippen LogP contribution in [0, 0.1) is 0 Å². The molecule has 1 aromatic rings. The molecule has 0 unspecified atom stereocenters. The maximum Gasteiger partial charge on any atom is 0.329 e. The number of benzene rings is 1. The zero-order chi connectivity index (χ0) is 13.9. The van der Waals surface area contributed by atoms with Gasteiger partial charge in [-0.25, -0.2) is 4.79 Å². The van der Waals surface area contributed by atoms with Gasteiger partial charge in [0.15, 0.2) is 0 Å². The van der Waals surface area contributed by atoms with Crippen LogP contribution in [0.15, 0.2) is 28.7 Å². The molecule has 1 saturated carbocycles. The van der Waals surface area contributed by atoms with Crippen molar-refractivity contribution in [3.05, 3.63) is 34.3 Å². The Kier molecular flexibility index (Phi) is 4.24. The Hall–Kier alpha value is -1.36. The third-order valence-corrected chi connectivity index (χ3v) is 4.28. The summed E-state index contributed by atoms with van der Waals surface area (Å²) in [6.45, 7) is 0. The minimum atomic E-state index is -1.11. The topological polar surface area (TPSA) is 66.4 Å². The van der Waals surface area contributed by atoms with Crippen molar-refractivity contribution in [3.8, 4) is 0 Å². The molecule has 1 aliphatic carbocycles. The van der Waals surface area contributed by atoms with Crippen molar-refractivity contribution in [2.45, 2.75) is 37.6 Å². The van der Waals surface area contributed by atoms with Gasteiger partial charge in [0.1, 0.15) is 5.54 Å². The number of carbonyl (C=O) groups excluding carboxylic acids is 1. The molecule has 1 aliphatic rings. The maximum atomic E-state index is 12.2. The van der Waals surface area contributed by atoms with E-state index >= 15 is 0 Å². The SMILES string of the molecule is O=C(NC1(C(=O)O)CCCCC1)c1ccccc1Br. The van der Waals surface area contributed by atoms with Crippen LogP contribution in [0.4, 0.5) is 0 Å². The first-order valence-electron chi connectivity index (χ1n) is 6.36. The van der Waals surface area contributed by atoms with E-state index in [2.05, 4.69) is 21.2 Å². The second-order valence-electron chi connectivity index (χ2n) is 4.88. The number of carboxylic acids is 1. The zero-order valence-corrected chi connectivity index (χ0v) is 12.1. The van der Waals surface area contributed by atoms with Gasteiger partial charge in [-0.3, -0.25) is 4.79 Å². The van der Waals surface area contributed by atoms with Crippen LogP contribution in [-0.2, 0) is 4.79 Å². The molecule has 2 rings (SSSR count). The maximum absolute atomic E-state index is 12.2. The van der Waals surface area contributed by atoms with Crippen LogP contribution in [0.25, 0.3) is 0 Å². The standard InChI is InChI=1S/C14H16BrNO3/c15-11-7-3-2-6-10(11)12(17)16-14(13(18)19)8-4-1-5-9-14/h2-3,6-7H,1,4-5,8-9H2,(H,16,17)(H,18,19). The molecule has 1 amide bonds. The monoisotopic (exact) mass is 325 g/mol. The summed E-state index contributed by atoms with van der Waals surface area (Å²) < 4.78 is 0.670. The van der Waals surface area contributed by atoms with Crippen LogP contribution in [0.3, 0.4) is 0 Å². The van der Waals surface area contributed by atoms with Crippen molar-refractivity contribution >= 4 is 27.8 Å². The summed E-state index contributed by atoms with van der Waals surface area (Å²) in [6.07, 6.45) is 3.70. The average molecular weight is 326 g/mol. The van der Waals surface area contributed by atoms with Gasteiger partial charge in [-0.2, -0.15) is 0 Å². The van der Waals surface area contributed by atoms with E-state index in [1.54, 1.807) is 18.2 Å². The van der Waals surface area contributed by atoms with Gasteiger partial charge in [0.05, 0.1) is 5.56 Å². The van der Waals surface area contributed by atoms with Crippen molar-refractivity contribution < 1.29 is 14.7 Å². The molecule has 1 fully saturated rings. The zero-order valence-electron chi connectivity index (χ0n) is 10.5. The van der Waals surface area contributed by atoms with Crippen LogP contribution < -0.4 is 5.32 Å². The normalized spacial score (nSPS) is 17.7. The van der Waals surface area contributed by atoms with E-state index in [0.29, 0.717) is 22.9 Å². The first-order valence-corrected chi connectivity index (χ1v) is 7.15. The van der Waals surface area contributed by atoms with Gasteiger partial charge in [-0.15, -0.1) is 0 Å².